The van der Waals surface area contributed by atoms with E-state index in [1.54, 1.807) is 12.3 Å². The van der Waals surface area contributed by atoms with E-state index in [0.29, 0.717) is 6.42 Å². The number of rotatable bonds is 5. The van der Waals surface area contributed by atoms with Gasteiger partial charge in [0.15, 0.2) is 0 Å². The SMILES string of the molecule is OCC(CO)(Cc1ccco1)c1ccccc1. The summed E-state index contributed by atoms with van der Waals surface area (Å²) < 4.78 is 5.29. The number of benzene rings is 1. The Morgan fingerprint density at radius 3 is 2.18 bits per heavy atom. The van der Waals surface area contributed by atoms with Gasteiger partial charge in [0.1, 0.15) is 5.76 Å². The van der Waals surface area contributed by atoms with E-state index in [9.17, 15) is 10.2 Å². The van der Waals surface area contributed by atoms with Crippen LogP contribution in [0, 0.1) is 0 Å². The molecule has 2 N–H and O–H groups in total. The molecular formula is C14H16O3. The topological polar surface area (TPSA) is 53.6 Å². The second kappa shape index (κ2) is 5.17. The Balaban J connectivity index is 2.32. The van der Waals surface area contributed by atoms with Crippen LogP contribution in [-0.2, 0) is 11.8 Å². The van der Waals surface area contributed by atoms with Crippen LogP contribution in [-0.4, -0.2) is 23.4 Å². The molecule has 1 aromatic carbocycles. The van der Waals surface area contributed by atoms with Crippen LogP contribution in [0.2, 0.25) is 0 Å². The lowest BCUT2D eigenvalue weighted by molar-refractivity contribution is 0.112. The first-order valence-electron chi connectivity index (χ1n) is 5.60. The van der Waals surface area contributed by atoms with Gasteiger partial charge < -0.3 is 14.6 Å². The highest BCUT2D eigenvalue weighted by molar-refractivity contribution is 5.27. The van der Waals surface area contributed by atoms with Crippen LogP contribution in [0.4, 0.5) is 0 Å². The van der Waals surface area contributed by atoms with Gasteiger partial charge in [-0.05, 0) is 17.7 Å². The van der Waals surface area contributed by atoms with Crippen molar-refractivity contribution < 1.29 is 14.6 Å². The van der Waals surface area contributed by atoms with Crippen molar-refractivity contribution in [2.45, 2.75) is 11.8 Å². The first-order chi connectivity index (χ1) is 8.30. The molecule has 1 heterocycles. The summed E-state index contributed by atoms with van der Waals surface area (Å²) in [7, 11) is 0. The molecule has 3 heteroatoms. The van der Waals surface area contributed by atoms with Gasteiger partial charge in [-0.25, -0.2) is 0 Å². The van der Waals surface area contributed by atoms with E-state index in [0.717, 1.165) is 11.3 Å². The minimum atomic E-state index is -0.681. The zero-order chi connectivity index (χ0) is 12.1. The average molecular weight is 232 g/mol. The molecule has 0 aliphatic heterocycles. The fourth-order valence-electron chi connectivity index (χ4n) is 1.98. The molecule has 0 radical (unpaired) electrons. The van der Waals surface area contributed by atoms with E-state index in [2.05, 4.69) is 0 Å². The molecule has 0 fully saturated rings. The maximum atomic E-state index is 9.63. The second-order valence-electron chi connectivity index (χ2n) is 4.22. The van der Waals surface area contributed by atoms with Gasteiger partial charge in [-0.15, -0.1) is 0 Å². The molecule has 3 nitrogen and oxygen atoms in total. The summed E-state index contributed by atoms with van der Waals surface area (Å²) in [6.45, 7) is -0.234. The largest absolute Gasteiger partial charge is 0.469 e. The molecule has 1 aromatic heterocycles. The van der Waals surface area contributed by atoms with Gasteiger partial charge in [0.2, 0.25) is 0 Å². The molecule has 17 heavy (non-hydrogen) atoms. The Bertz CT molecular complexity index is 430. The predicted octanol–water partition coefficient (Wildman–Crippen LogP) is 1.74. The second-order valence-corrected chi connectivity index (χ2v) is 4.22. The lowest BCUT2D eigenvalue weighted by Gasteiger charge is -2.29. The van der Waals surface area contributed by atoms with Crippen LogP contribution in [0.5, 0.6) is 0 Å². The minimum absolute atomic E-state index is 0.117. The highest BCUT2D eigenvalue weighted by atomic mass is 16.3. The van der Waals surface area contributed by atoms with Crippen LogP contribution in [0.3, 0.4) is 0 Å². The van der Waals surface area contributed by atoms with Crippen molar-refractivity contribution in [1.29, 1.82) is 0 Å². The normalized spacial score (nSPS) is 11.6. The molecule has 0 saturated carbocycles. The van der Waals surface area contributed by atoms with Gasteiger partial charge in [0.05, 0.1) is 19.5 Å². The van der Waals surface area contributed by atoms with E-state index >= 15 is 0 Å². The van der Waals surface area contributed by atoms with E-state index in [4.69, 9.17) is 4.42 Å². The van der Waals surface area contributed by atoms with Crippen molar-refractivity contribution in [3.63, 3.8) is 0 Å². The van der Waals surface area contributed by atoms with Crippen LogP contribution in [0.1, 0.15) is 11.3 Å². The zero-order valence-electron chi connectivity index (χ0n) is 9.54. The quantitative estimate of drug-likeness (QED) is 0.825. The first kappa shape index (κ1) is 11.9. The van der Waals surface area contributed by atoms with Gasteiger partial charge >= 0.3 is 0 Å². The summed E-state index contributed by atoms with van der Waals surface area (Å²) in [5, 5.41) is 19.3. The Hall–Kier alpha value is -1.58. The third-order valence-electron chi connectivity index (χ3n) is 3.08. The fourth-order valence-corrected chi connectivity index (χ4v) is 1.98. The molecular weight excluding hydrogens is 216 g/mol. The van der Waals surface area contributed by atoms with Crippen molar-refractivity contribution >= 4 is 0 Å². The molecule has 0 atom stereocenters. The van der Waals surface area contributed by atoms with E-state index in [1.165, 1.54) is 0 Å². The first-order valence-corrected chi connectivity index (χ1v) is 5.60. The number of furan rings is 1. The molecule has 0 unspecified atom stereocenters. The summed E-state index contributed by atoms with van der Waals surface area (Å²) >= 11 is 0. The molecule has 2 aromatic rings. The Morgan fingerprint density at radius 1 is 0.941 bits per heavy atom. The molecule has 0 aliphatic carbocycles. The zero-order valence-corrected chi connectivity index (χ0v) is 9.54. The number of hydrogen-bond donors (Lipinski definition) is 2. The molecule has 0 aliphatic rings. The third kappa shape index (κ3) is 2.40. The lowest BCUT2D eigenvalue weighted by Crippen LogP contribution is -2.37. The Labute approximate surface area is 100 Å². The summed E-state index contributed by atoms with van der Waals surface area (Å²) in [6.07, 6.45) is 2.08. The van der Waals surface area contributed by atoms with Crippen molar-refractivity contribution in [3.05, 3.63) is 60.1 Å². The number of aliphatic hydroxyl groups excluding tert-OH is 2. The standard InChI is InChI=1S/C14H16O3/c15-10-14(11-16,9-13-7-4-8-17-13)12-5-2-1-3-6-12/h1-8,15-16H,9-11H2. The van der Waals surface area contributed by atoms with Crippen molar-refractivity contribution in [2.24, 2.45) is 0 Å². The summed E-state index contributed by atoms with van der Waals surface area (Å²) in [4.78, 5) is 0. The van der Waals surface area contributed by atoms with Gasteiger partial charge in [0, 0.05) is 11.8 Å². The van der Waals surface area contributed by atoms with Crippen LogP contribution < -0.4 is 0 Å². The molecule has 0 amide bonds. The summed E-state index contributed by atoms with van der Waals surface area (Å²) in [5.74, 6) is 0.761. The molecule has 0 bridgehead atoms. The summed E-state index contributed by atoms with van der Waals surface area (Å²) in [5.41, 5.74) is 0.237. The molecule has 90 valence electrons. The maximum absolute atomic E-state index is 9.63. The van der Waals surface area contributed by atoms with E-state index in [1.807, 2.05) is 36.4 Å². The number of hydrogen-bond acceptors (Lipinski definition) is 3. The molecule has 2 rings (SSSR count). The van der Waals surface area contributed by atoms with Crippen molar-refractivity contribution in [3.8, 4) is 0 Å². The fraction of sp³-hybridized carbons (Fsp3) is 0.286. The number of aliphatic hydroxyl groups is 2. The van der Waals surface area contributed by atoms with Gasteiger partial charge in [-0.1, -0.05) is 30.3 Å². The van der Waals surface area contributed by atoms with Crippen LogP contribution in [0.15, 0.2) is 53.1 Å². The van der Waals surface area contributed by atoms with Crippen molar-refractivity contribution in [2.75, 3.05) is 13.2 Å². The monoisotopic (exact) mass is 232 g/mol. The van der Waals surface area contributed by atoms with Crippen molar-refractivity contribution in [1.82, 2.24) is 0 Å². The highest BCUT2D eigenvalue weighted by Gasteiger charge is 2.32. The Morgan fingerprint density at radius 2 is 1.65 bits per heavy atom. The highest BCUT2D eigenvalue weighted by Crippen LogP contribution is 2.28. The minimum Gasteiger partial charge on any atom is -0.469 e. The van der Waals surface area contributed by atoms with Gasteiger partial charge in [0.25, 0.3) is 0 Å². The predicted molar refractivity (Wildman–Crippen MR) is 64.7 cm³/mol. The Kier molecular flexibility index (Phi) is 3.61. The third-order valence-corrected chi connectivity index (χ3v) is 3.08. The van der Waals surface area contributed by atoms with Crippen LogP contribution in [0.25, 0.3) is 0 Å². The summed E-state index contributed by atoms with van der Waals surface area (Å²) in [6, 6.07) is 13.2. The molecule has 0 spiro atoms. The van der Waals surface area contributed by atoms with E-state index in [-0.39, 0.29) is 13.2 Å². The van der Waals surface area contributed by atoms with E-state index < -0.39 is 5.41 Å². The van der Waals surface area contributed by atoms with Gasteiger partial charge in [-0.2, -0.15) is 0 Å². The van der Waals surface area contributed by atoms with Crippen LogP contribution >= 0.6 is 0 Å². The molecule has 0 saturated heterocycles. The lowest BCUT2D eigenvalue weighted by atomic mass is 9.78. The maximum Gasteiger partial charge on any atom is 0.104 e. The average Bonchev–Trinajstić information content (AvgIpc) is 2.90. The smallest absolute Gasteiger partial charge is 0.104 e. The van der Waals surface area contributed by atoms with Gasteiger partial charge in [-0.3, -0.25) is 0 Å².